The number of carbonyl (C=O) groups excluding carboxylic acids is 3. The Morgan fingerprint density at radius 2 is 0.750 bits per heavy atom. The molecule has 0 aromatic carbocycles. The van der Waals surface area contributed by atoms with Gasteiger partial charge in [-0.25, -0.2) is 0 Å². The van der Waals surface area contributed by atoms with E-state index in [1.54, 1.807) is 0 Å². The van der Waals surface area contributed by atoms with Gasteiger partial charge < -0.3 is 29.7 Å². The molecule has 2 radical (unpaired) electrons. The van der Waals surface area contributed by atoms with Gasteiger partial charge in [0.2, 0.25) is 0 Å². The Kier molecular flexibility index (Phi) is 30.3. The molecule has 16 heavy (non-hydrogen) atoms. The van der Waals surface area contributed by atoms with Gasteiger partial charge in [-0.3, -0.25) is 0 Å². The molecule has 0 aliphatic carbocycles. The molecular weight excluding hydrogens is 413 g/mol. The van der Waals surface area contributed by atoms with Gasteiger partial charge in [-0.15, -0.1) is 0 Å². The maximum absolute atomic E-state index is 9.26. The van der Waals surface area contributed by atoms with Crippen LogP contribution in [0.1, 0.15) is 40.0 Å². The molecule has 0 atom stereocenters. The smallest absolute Gasteiger partial charge is 0.550 e. The van der Waals surface area contributed by atoms with Crippen LogP contribution >= 0.6 is 0 Å². The molecule has 0 aliphatic rings. The van der Waals surface area contributed by atoms with Crippen molar-refractivity contribution in [2.45, 2.75) is 40.0 Å². The first kappa shape index (κ1) is 24.5. The Morgan fingerprint density at radius 1 is 0.688 bits per heavy atom. The van der Waals surface area contributed by atoms with Gasteiger partial charge in [0.25, 0.3) is 0 Å². The molecule has 0 rings (SSSR count). The van der Waals surface area contributed by atoms with Gasteiger partial charge in [-0.1, -0.05) is 20.8 Å². The number of hydrogen-bond donors (Lipinski definition) is 0. The predicted octanol–water partition coefficient (Wildman–Crippen LogP) is -2.94. The SMILES string of the molecule is CCC(=O)[O-].CCC(=O)[O-].CCC(=O)[O-].[Bi+3]. The van der Waals surface area contributed by atoms with E-state index in [0.29, 0.717) is 0 Å². The fourth-order valence-corrected chi connectivity index (χ4v) is 0. The Labute approximate surface area is 114 Å². The summed E-state index contributed by atoms with van der Waals surface area (Å²) < 4.78 is 0. The average molecular weight is 428 g/mol. The third-order valence-corrected chi connectivity index (χ3v) is 0.866. The fraction of sp³-hybridized carbons (Fsp3) is 0.667. The predicted molar refractivity (Wildman–Crippen MR) is 51.6 cm³/mol. The van der Waals surface area contributed by atoms with Crippen LogP contribution in [-0.2, 0) is 14.4 Å². The molecule has 0 saturated carbocycles. The largest absolute Gasteiger partial charge is 3.00 e. The van der Waals surface area contributed by atoms with E-state index in [4.69, 9.17) is 0 Å². The maximum atomic E-state index is 9.26. The number of carboxylic acids is 3. The monoisotopic (exact) mass is 428 g/mol. The number of rotatable bonds is 3. The van der Waals surface area contributed by atoms with Gasteiger partial charge in [0.1, 0.15) is 0 Å². The normalized spacial score (nSPS) is 6.94. The minimum Gasteiger partial charge on any atom is -0.550 e. The van der Waals surface area contributed by atoms with Gasteiger partial charge in [0.05, 0.1) is 0 Å². The third kappa shape index (κ3) is 71.7. The van der Waals surface area contributed by atoms with E-state index in [1.807, 2.05) is 0 Å². The van der Waals surface area contributed by atoms with Gasteiger partial charge in [-0.05, 0) is 19.3 Å². The van der Waals surface area contributed by atoms with Gasteiger partial charge in [-0.2, -0.15) is 0 Å². The van der Waals surface area contributed by atoms with Crippen LogP contribution in [0.25, 0.3) is 0 Å². The number of hydrogen-bond acceptors (Lipinski definition) is 6. The molecule has 7 heteroatoms. The molecule has 6 nitrogen and oxygen atoms in total. The van der Waals surface area contributed by atoms with E-state index in [9.17, 15) is 29.7 Å². The topological polar surface area (TPSA) is 120 Å². The van der Waals surface area contributed by atoms with Crippen LogP contribution in [-0.4, -0.2) is 44.1 Å². The third-order valence-electron chi connectivity index (χ3n) is 0.866. The standard InChI is InChI=1S/3C3H6O2.Bi/c3*1-2-3(4)5;/h3*2H2,1H3,(H,4,5);/q;;;+3/p-3. The van der Waals surface area contributed by atoms with E-state index in [0.717, 1.165) is 0 Å². The van der Waals surface area contributed by atoms with Crippen LogP contribution in [0.4, 0.5) is 0 Å². The summed E-state index contributed by atoms with van der Waals surface area (Å²) in [6.07, 6.45) is 0.333. The van der Waals surface area contributed by atoms with Crippen molar-refractivity contribution in [3.8, 4) is 0 Å². The van der Waals surface area contributed by atoms with Crippen molar-refractivity contribution in [3.63, 3.8) is 0 Å². The zero-order valence-corrected chi connectivity index (χ0v) is 13.0. The van der Waals surface area contributed by atoms with Crippen LogP contribution in [0.2, 0.25) is 0 Å². The first-order valence-corrected chi connectivity index (χ1v) is 4.41. The first-order chi connectivity index (χ1) is 6.81. The molecule has 0 unspecified atom stereocenters. The Bertz CT molecular complexity index is 159. The van der Waals surface area contributed by atoms with Gasteiger partial charge in [0.15, 0.2) is 0 Å². The molecule has 92 valence electrons. The van der Waals surface area contributed by atoms with Crippen LogP contribution in [0.15, 0.2) is 0 Å². The van der Waals surface area contributed by atoms with Gasteiger partial charge >= 0.3 is 26.2 Å². The summed E-state index contributed by atoms with van der Waals surface area (Å²) >= 11 is 0. The van der Waals surface area contributed by atoms with Crippen molar-refractivity contribution in [2.75, 3.05) is 0 Å². The minimum atomic E-state index is -0.995. The van der Waals surface area contributed by atoms with Crippen molar-refractivity contribution in [3.05, 3.63) is 0 Å². The quantitative estimate of drug-likeness (QED) is 0.444. The second kappa shape index (κ2) is 19.8. The molecule has 0 spiro atoms. The van der Waals surface area contributed by atoms with Crippen molar-refractivity contribution in [1.29, 1.82) is 0 Å². The van der Waals surface area contributed by atoms with Crippen molar-refractivity contribution < 1.29 is 29.7 Å². The zero-order chi connectivity index (χ0) is 12.9. The van der Waals surface area contributed by atoms with Crippen LogP contribution in [0, 0.1) is 0 Å². The number of carbonyl (C=O) groups is 3. The van der Waals surface area contributed by atoms with E-state index >= 15 is 0 Å². The second-order valence-electron chi connectivity index (χ2n) is 2.18. The van der Waals surface area contributed by atoms with E-state index < -0.39 is 17.9 Å². The fourth-order valence-electron chi connectivity index (χ4n) is 0. The van der Waals surface area contributed by atoms with Crippen molar-refractivity contribution in [2.24, 2.45) is 0 Å². The van der Waals surface area contributed by atoms with E-state index in [1.165, 1.54) is 20.8 Å². The van der Waals surface area contributed by atoms with E-state index in [2.05, 4.69) is 0 Å². The Hall–Kier alpha value is -0.707. The second-order valence-corrected chi connectivity index (χ2v) is 2.18. The molecule has 0 N–H and O–H groups in total. The Balaban J connectivity index is -0.0000000655. The molecular formula is C9H15BiO6. The molecule has 0 bridgehead atoms. The summed E-state index contributed by atoms with van der Waals surface area (Å²) in [7, 11) is 0. The Morgan fingerprint density at radius 3 is 0.750 bits per heavy atom. The van der Waals surface area contributed by atoms with Crippen LogP contribution in [0.5, 0.6) is 0 Å². The summed E-state index contributed by atoms with van der Waals surface area (Å²) in [6, 6.07) is 0. The summed E-state index contributed by atoms with van der Waals surface area (Å²) in [5.41, 5.74) is 0. The minimum absolute atomic E-state index is 0. The van der Waals surface area contributed by atoms with Crippen molar-refractivity contribution in [1.82, 2.24) is 0 Å². The zero-order valence-electron chi connectivity index (χ0n) is 9.52. The molecule has 0 aliphatic heterocycles. The summed E-state index contributed by atoms with van der Waals surface area (Å²) in [5, 5.41) is 27.8. The average Bonchev–Trinajstić information content (AvgIpc) is 2.19. The number of carboxylic acid groups (broad SMARTS) is 3. The van der Waals surface area contributed by atoms with Crippen LogP contribution < -0.4 is 15.3 Å². The number of aliphatic carboxylic acids is 3. The maximum Gasteiger partial charge on any atom is 3.00 e. The molecule has 0 amide bonds. The van der Waals surface area contributed by atoms with Crippen molar-refractivity contribution >= 4 is 44.1 Å². The first-order valence-electron chi connectivity index (χ1n) is 4.41. The van der Waals surface area contributed by atoms with Crippen LogP contribution in [0.3, 0.4) is 0 Å². The summed E-state index contributed by atoms with van der Waals surface area (Å²) in [6.45, 7) is 4.61. The molecule has 0 saturated heterocycles. The molecule has 0 fully saturated rings. The summed E-state index contributed by atoms with van der Waals surface area (Å²) in [4.78, 5) is 27.8. The van der Waals surface area contributed by atoms with Gasteiger partial charge in [0, 0.05) is 17.9 Å². The molecule has 0 aromatic heterocycles. The summed E-state index contributed by atoms with van der Waals surface area (Å²) in [5.74, 6) is -2.99. The molecule has 0 aromatic rings. The molecule has 0 heterocycles. The van der Waals surface area contributed by atoms with E-state index in [-0.39, 0.29) is 45.5 Å².